The van der Waals surface area contributed by atoms with Crippen LogP contribution in [0.25, 0.3) is 4.96 Å². The van der Waals surface area contributed by atoms with Crippen LogP contribution < -0.4 is 5.32 Å². The summed E-state index contributed by atoms with van der Waals surface area (Å²) in [7, 11) is 0. The van der Waals surface area contributed by atoms with Crippen molar-refractivity contribution in [3.05, 3.63) is 58.1 Å². The van der Waals surface area contributed by atoms with Crippen LogP contribution in [0.2, 0.25) is 5.02 Å². The molecule has 6 heteroatoms. The number of halogens is 2. The molecule has 3 nitrogen and oxygen atoms in total. The van der Waals surface area contributed by atoms with E-state index in [1.165, 1.54) is 12.1 Å². The average molecular weight is 324 g/mol. The van der Waals surface area contributed by atoms with E-state index in [9.17, 15) is 4.39 Å². The number of rotatable bonds is 5. The van der Waals surface area contributed by atoms with Gasteiger partial charge >= 0.3 is 0 Å². The van der Waals surface area contributed by atoms with Gasteiger partial charge in [-0.05, 0) is 24.2 Å². The van der Waals surface area contributed by atoms with Gasteiger partial charge in [0.2, 0.25) is 0 Å². The van der Waals surface area contributed by atoms with E-state index in [1.54, 1.807) is 17.4 Å². The van der Waals surface area contributed by atoms with Crippen molar-refractivity contribution in [1.29, 1.82) is 0 Å². The normalized spacial score (nSPS) is 12.9. The molecule has 0 fully saturated rings. The van der Waals surface area contributed by atoms with Gasteiger partial charge in [0.15, 0.2) is 4.96 Å². The van der Waals surface area contributed by atoms with Gasteiger partial charge in [0.25, 0.3) is 0 Å². The van der Waals surface area contributed by atoms with Crippen LogP contribution in [0.15, 0.2) is 36.0 Å². The number of hydrogen-bond donors (Lipinski definition) is 1. The first-order valence-electron chi connectivity index (χ1n) is 6.76. The molecule has 2 aromatic heterocycles. The molecule has 0 saturated heterocycles. The average Bonchev–Trinajstić information content (AvgIpc) is 2.99. The van der Waals surface area contributed by atoms with Gasteiger partial charge in [0, 0.05) is 35.3 Å². The Hall–Kier alpha value is -1.43. The molecule has 110 valence electrons. The highest BCUT2D eigenvalue weighted by Crippen LogP contribution is 2.27. The second-order valence-corrected chi connectivity index (χ2v) is 6.09. The molecule has 1 unspecified atom stereocenters. The van der Waals surface area contributed by atoms with E-state index in [-0.39, 0.29) is 11.9 Å². The van der Waals surface area contributed by atoms with Crippen molar-refractivity contribution in [3.8, 4) is 0 Å². The van der Waals surface area contributed by atoms with Crippen molar-refractivity contribution in [2.75, 3.05) is 6.54 Å². The number of nitrogens with zero attached hydrogens (tertiary/aromatic N) is 2. The maximum atomic E-state index is 13.2. The molecule has 1 aromatic carbocycles. The van der Waals surface area contributed by atoms with Gasteiger partial charge in [-0.2, -0.15) is 0 Å². The van der Waals surface area contributed by atoms with Crippen molar-refractivity contribution < 1.29 is 4.39 Å². The summed E-state index contributed by atoms with van der Waals surface area (Å²) >= 11 is 7.79. The standard InChI is InChI=1S/C15H15ClFN3S/c1-2-18-14(12-4-3-10(17)7-13(12)16)8-11-9-20-5-6-21-15(20)19-11/h3-7,9,14,18H,2,8H2,1H3. The van der Waals surface area contributed by atoms with E-state index < -0.39 is 0 Å². The van der Waals surface area contributed by atoms with Crippen molar-refractivity contribution in [2.45, 2.75) is 19.4 Å². The molecular formula is C15H15ClFN3S. The fourth-order valence-electron chi connectivity index (χ4n) is 2.41. The Morgan fingerprint density at radius 1 is 1.48 bits per heavy atom. The number of fused-ring (bicyclic) bond motifs is 1. The highest BCUT2D eigenvalue weighted by atomic mass is 35.5. The molecule has 0 saturated carbocycles. The molecule has 0 aliphatic rings. The van der Waals surface area contributed by atoms with Gasteiger partial charge in [0.1, 0.15) is 5.82 Å². The molecule has 0 bridgehead atoms. The highest BCUT2D eigenvalue weighted by molar-refractivity contribution is 7.15. The molecule has 0 aliphatic heterocycles. The number of hydrogen-bond acceptors (Lipinski definition) is 3. The molecule has 0 spiro atoms. The molecule has 0 radical (unpaired) electrons. The third-order valence-electron chi connectivity index (χ3n) is 3.34. The first-order chi connectivity index (χ1) is 10.2. The van der Waals surface area contributed by atoms with Crippen LogP contribution in [-0.4, -0.2) is 15.9 Å². The third kappa shape index (κ3) is 3.10. The minimum atomic E-state index is -0.318. The molecule has 1 atom stereocenters. The Labute approximate surface area is 131 Å². The van der Waals surface area contributed by atoms with Gasteiger partial charge in [-0.1, -0.05) is 24.6 Å². The van der Waals surface area contributed by atoms with Crippen LogP contribution >= 0.6 is 22.9 Å². The summed E-state index contributed by atoms with van der Waals surface area (Å²) in [4.78, 5) is 5.57. The molecule has 3 aromatic rings. The number of aromatic nitrogens is 2. The number of thiazole rings is 1. The lowest BCUT2D eigenvalue weighted by atomic mass is 10.0. The quantitative estimate of drug-likeness (QED) is 0.766. The van der Waals surface area contributed by atoms with Crippen molar-refractivity contribution >= 4 is 27.9 Å². The summed E-state index contributed by atoms with van der Waals surface area (Å²) in [5, 5.41) is 5.84. The van der Waals surface area contributed by atoms with Crippen LogP contribution in [0.1, 0.15) is 24.2 Å². The van der Waals surface area contributed by atoms with Gasteiger partial charge in [-0.3, -0.25) is 4.40 Å². The van der Waals surface area contributed by atoms with Crippen LogP contribution in [0.5, 0.6) is 0 Å². The Kier molecular flexibility index (Phi) is 4.24. The fourth-order valence-corrected chi connectivity index (χ4v) is 3.42. The van der Waals surface area contributed by atoms with E-state index in [1.807, 2.05) is 29.1 Å². The largest absolute Gasteiger partial charge is 0.310 e. The molecule has 0 amide bonds. The Morgan fingerprint density at radius 3 is 3.05 bits per heavy atom. The van der Waals surface area contributed by atoms with Gasteiger partial charge < -0.3 is 5.32 Å². The van der Waals surface area contributed by atoms with Crippen molar-refractivity contribution in [2.24, 2.45) is 0 Å². The zero-order valence-electron chi connectivity index (χ0n) is 11.5. The Balaban J connectivity index is 1.88. The molecule has 3 rings (SSSR count). The van der Waals surface area contributed by atoms with Gasteiger partial charge in [0.05, 0.1) is 5.69 Å². The minimum Gasteiger partial charge on any atom is -0.310 e. The fraction of sp³-hybridized carbons (Fsp3) is 0.267. The summed E-state index contributed by atoms with van der Waals surface area (Å²) in [5.41, 5.74) is 1.89. The third-order valence-corrected chi connectivity index (χ3v) is 4.44. The lowest BCUT2D eigenvalue weighted by molar-refractivity contribution is 0.543. The molecule has 1 N–H and O–H groups in total. The summed E-state index contributed by atoms with van der Waals surface area (Å²) in [6.07, 6.45) is 4.73. The summed E-state index contributed by atoms with van der Waals surface area (Å²) in [6, 6.07) is 4.56. The monoisotopic (exact) mass is 323 g/mol. The predicted octanol–water partition coefficient (Wildman–Crippen LogP) is 4.08. The Morgan fingerprint density at radius 2 is 2.33 bits per heavy atom. The zero-order valence-corrected chi connectivity index (χ0v) is 13.1. The molecular weight excluding hydrogens is 309 g/mol. The zero-order chi connectivity index (χ0) is 14.8. The van der Waals surface area contributed by atoms with E-state index in [0.29, 0.717) is 11.4 Å². The van der Waals surface area contributed by atoms with E-state index in [2.05, 4.69) is 10.3 Å². The van der Waals surface area contributed by atoms with Crippen LogP contribution in [0.4, 0.5) is 4.39 Å². The minimum absolute atomic E-state index is 0.0210. The summed E-state index contributed by atoms with van der Waals surface area (Å²) in [6.45, 7) is 2.84. The number of nitrogens with one attached hydrogen (secondary N) is 1. The van der Waals surface area contributed by atoms with E-state index >= 15 is 0 Å². The first-order valence-corrected chi connectivity index (χ1v) is 8.02. The Bertz CT molecular complexity index is 724. The molecule has 2 heterocycles. The van der Waals surface area contributed by atoms with Gasteiger partial charge in [-0.15, -0.1) is 11.3 Å². The van der Waals surface area contributed by atoms with Crippen molar-refractivity contribution in [3.63, 3.8) is 0 Å². The molecule has 0 aliphatic carbocycles. The van der Waals surface area contributed by atoms with Crippen molar-refractivity contribution in [1.82, 2.24) is 14.7 Å². The lowest BCUT2D eigenvalue weighted by Gasteiger charge is -2.18. The van der Waals surface area contributed by atoms with E-state index in [4.69, 9.17) is 11.6 Å². The smallest absolute Gasteiger partial charge is 0.193 e. The second-order valence-electron chi connectivity index (χ2n) is 4.81. The summed E-state index contributed by atoms with van der Waals surface area (Å²) in [5.74, 6) is -0.318. The number of likely N-dealkylation sites (N-methyl/N-ethyl adjacent to an activating group) is 1. The lowest BCUT2D eigenvalue weighted by Crippen LogP contribution is -2.23. The maximum absolute atomic E-state index is 13.2. The SMILES string of the molecule is CCNC(Cc1cn2ccsc2n1)c1ccc(F)cc1Cl. The predicted molar refractivity (Wildman–Crippen MR) is 84.6 cm³/mol. The number of benzene rings is 1. The topological polar surface area (TPSA) is 29.3 Å². The summed E-state index contributed by atoms with van der Waals surface area (Å²) < 4.78 is 15.2. The van der Waals surface area contributed by atoms with Gasteiger partial charge in [-0.25, -0.2) is 9.37 Å². The highest BCUT2D eigenvalue weighted by Gasteiger charge is 2.17. The number of imidazole rings is 1. The first kappa shape index (κ1) is 14.5. The second kappa shape index (κ2) is 6.13. The van der Waals surface area contributed by atoms with Crippen LogP contribution in [0.3, 0.4) is 0 Å². The van der Waals surface area contributed by atoms with Crippen LogP contribution in [0, 0.1) is 5.82 Å². The van der Waals surface area contributed by atoms with E-state index in [0.717, 1.165) is 22.8 Å². The maximum Gasteiger partial charge on any atom is 0.193 e. The molecule has 21 heavy (non-hydrogen) atoms. The van der Waals surface area contributed by atoms with Crippen LogP contribution in [-0.2, 0) is 6.42 Å².